The van der Waals surface area contributed by atoms with Gasteiger partial charge in [-0.25, -0.2) is 0 Å². The summed E-state index contributed by atoms with van der Waals surface area (Å²) in [6, 6.07) is 0.158. The Morgan fingerprint density at radius 2 is 2.00 bits per heavy atom. The Morgan fingerprint density at radius 1 is 1.46 bits per heavy atom. The highest BCUT2D eigenvalue weighted by Gasteiger charge is 2.44. The first-order valence-corrected chi connectivity index (χ1v) is 4.85. The molecule has 0 spiro atoms. The fourth-order valence-electron chi connectivity index (χ4n) is 2.29. The van der Waals surface area contributed by atoms with Crippen molar-refractivity contribution in [2.45, 2.75) is 39.7 Å². The molecule has 0 heterocycles. The van der Waals surface area contributed by atoms with Gasteiger partial charge in [-0.05, 0) is 24.2 Å². The standard InChI is InChI=1S/C10H19NO2/c1-6-8(11)5-4-7(9(12)13)10(6,2)3/h6-8H,4-5,11H2,1-3H3,(H,12,13)/t6-,7-,8-/m1/s1. The number of nitrogens with two attached hydrogens (primary N) is 1. The molecule has 0 saturated heterocycles. The zero-order chi connectivity index (χ0) is 10.2. The molecular formula is C10H19NO2. The molecule has 1 aliphatic carbocycles. The molecule has 1 saturated carbocycles. The van der Waals surface area contributed by atoms with Crippen LogP contribution in [0.5, 0.6) is 0 Å². The summed E-state index contributed by atoms with van der Waals surface area (Å²) in [7, 11) is 0. The highest BCUT2D eigenvalue weighted by molar-refractivity contribution is 5.71. The first-order valence-electron chi connectivity index (χ1n) is 4.85. The quantitative estimate of drug-likeness (QED) is 0.650. The minimum Gasteiger partial charge on any atom is -0.481 e. The van der Waals surface area contributed by atoms with Crippen molar-refractivity contribution in [1.82, 2.24) is 0 Å². The lowest BCUT2D eigenvalue weighted by Gasteiger charge is -2.44. The summed E-state index contributed by atoms with van der Waals surface area (Å²) in [5.41, 5.74) is 5.75. The maximum atomic E-state index is 11.0. The molecule has 3 N–H and O–H groups in total. The van der Waals surface area contributed by atoms with Crippen molar-refractivity contribution in [3.8, 4) is 0 Å². The smallest absolute Gasteiger partial charge is 0.307 e. The maximum Gasteiger partial charge on any atom is 0.307 e. The van der Waals surface area contributed by atoms with Gasteiger partial charge in [-0.1, -0.05) is 20.8 Å². The van der Waals surface area contributed by atoms with Gasteiger partial charge >= 0.3 is 5.97 Å². The van der Waals surface area contributed by atoms with Crippen LogP contribution in [0.1, 0.15) is 33.6 Å². The Morgan fingerprint density at radius 3 is 2.46 bits per heavy atom. The molecule has 1 rings (SSSR count). The largest absolute Gasteiger partial charge is 0.481 e. The van der Waals surface area contributed by atoms with Gasteiger partial charge < -0.3 is 10.8 Å². The van der Waals surface area contributed by atoms with Crippen LogP contribution in [-0.4, -0.2) is 17.1 Å². The number of carbonyl (C=O) groups is 1. The second kappa shape index (κ2) is 3.29. The fourth-order valence-corrected chi connectivity index (χ4v) is 2.29. The van der Waals surface area contributed by atoms with E-state index >= 15 is 0 Å². The average molecular weight is 185 g/mol. The van der Waals surface area contributed by atoms with Gasteiger partial charge in [-0.3, -0.25) is 4.79 Å². The van der Waals surface area contributed by atoms with Crippen LogP contribution in [0.4, 0.5) is 0 Å². The normalized spacial score (nSPS) is 38.6. The van der Waals surface area contributed by atoms with Crippen LogP contribution in [0, 0.1) is 17.3 Å². The number of hydrogen-bond donors (Lipinski definition) is 2. The fraction of sp³-hybridized carbons (Fsp3) is 0.900. The van der Waals surface area contributed by atoms with Crippen LogP contribution >= 0.6 is 0 Å². The van der Waals surface area contributed by atoms with E-state index in [9.17, 15) is 4.79 Å². The SMILES string of the molecule is C[C@@H]1[C@H](N)CC[C@H](C(=O)O)C1(C)C. The lowest BCUT2D eigenvalue weighted by molar-refractivity contribution is -0.150. The molecule has 0 aromatic carbocycles. The van der Waals surface area contributed by atoms with Crippen LogP contribution in [0.25, 0.3) is 0 Å². The van der Waals surface area contributed by atoms with Gasteiger partial charge in [-0.15, -0.1) is 0 Å². The molecule has 3 heteroatoms. The molecule has 0 unspecified atom stereocenters. The van der Waals surface area contributed by atoms with Gasteiger partial charge in [0.15, 0.2) is 0 Å². The van der Waals surface area contributed by atoms with Gasteiger partial charge in [0.1, 0.15) is 0 Å². The highest BCUT2D eigenvalue weighted by Crippen LogP contribution is 2.44. The van der Waals surface area contributed by atoms with Gasteiger partial charge in [0.25, 0.3) is 0 Å². The predicted molar refractivity (Wildman–Crippen MR) is 51.3 cm³/mol. The van der Waals surface area contributed by atoms with Crippen LogP contribution in [0.3, 0.4) is 0 Å². The van der Waals surface area contributed by atoms with E-state index in [-0.39, 0.29) is 23.3 Å². The summed E-state index contributed by atoms with van der Waals surface area (Å²) in [6.07, 6.45) is 1.55. The summed E-state index contributed by atoms with van der Waals surface area (Å²) >= 11 is 0. The monoisotopic (exact) mass is 185 g/mol. The number of aliphatic carboxylic acids is 1. The van der Waals surface area contributed by atoms with Gasteiger partial charge in [0.05, 0.1) is 5.92 Å². The molecule has 76 valence electrons. The third-order valence-electron chi connectivity index (χ3n) is 3.80. The molecule has 0 aromatic rings. The first kappa shape index (κ1) is 10.5. The van der Waals surface area contributed by atoms with Crippen molar-refractivity contribution in [2.24, 2.45) is 23.0 Å². The Labute approximate surface area is 79.3 Å². The van der Waals surface area contributed by atoms with Crippen LogP contribution in [-0.2, 0) is 4.79 Å². The lowest BCUT2D eigenvalue weighted by Crippen LogP contribution is -2.49. The minimum absolute atomic E-state index is 0.158. The summed E-state index contributed by atoms with van der Waals surface area (Å²) in [4.78, 5) is 11.0. The molecule has 0 aliphatic heterocycles. The Hall–Kier alpha value is -0.570. The summed E-state index contributed by atoms with van der Waals surface area (Å²) in [5.74, 6) is -0.631. The lowest BCUT2D eigenvalue weighted by atomic mass is 9.61. The molecule has 3 nitrogen and oxygen atoms in total. The number of carboxylic acid groups (broad SMARTS) is 1. The average Bonchev–Trinajstić information content (AvgIpc) is 1.99. The zero-order valence-electron chi connectivity index (χ0n) is 8.58. The third kappa shape index (κ3) is 1.70. The van der Waals surface area contributed by atoms with Crippen LogP contribution in [0.2, 0.25) is 0 Å². The molecule has 0 radical (unpaired) electrons. The second-order valence-electron chi connectivity index (χ2n) is 4.74. The molecule has 0 aromatic heterocycles. The van der Waals surface area contributed by atoms with Crippen LogP contribution in [0.15, 0.2) is 0 Å². The summed E-state index contributed by atoms with van der Waals surface area (Å²) in [5, 5.41) is 9.04. The van der Waals surface area contributed by atoms with Crippen LogP contribution < -0.4 is 5.73 Å². The molecule has 0 amide bonds. The van der Waals surface area contributed by atoms with E-state index in [2.05, 4.69) is 6.92 Å². The van der Waals surface area contributed by atoms with E-state index in [0.717, 1.165) is 6.42 Å². The molecule has 1 fully saturated rings. The number of hydrogen-bond acceptors (Lipinski definition) is 2. The maximum absolute atomic E-state index is 11.0. The van der Waals surface area contributed by atoms with Crippen molar-refractivity contribution in [1.29, 1.82) is 0 Å². The van der Waals surface area contributed by atoms with Crippen molar-refractivity contribution >= 4 is 5.97 Å². The van der Waals surface area contributed by atoms with Gasteiger partial charge in [0.2, 0.25) is 0 Å². The van der Waals surface area contributed by atoms with Crippen molar-refractivity contribution in [3.05, 3.63) is 0 Å². The number of rotatable bonds is 1. The van der Waals surface area contributed by atoms with Gasteiger partial charge in [0, 0.05) is 6.04 Å². The Bertz CT molecular complexity index is 213. The second-order valence-corrected chi connectivity index (χ2v) is 4.74. The van der Waals surface area contributed by atoms with Crippen molar-refractivity contribution in [3.63, 3.8) is 0 Å². The molecule has 0 bridgehead atoms. The highest BCUT2D eigenvalue weighted by atomic mass is 16.4. The topological polar surface area (TPSA) is 63.3 Å². The van der Waals surface area contributed by atoms with E-state index in [4.69, 9.17) is 10.8 Å². The minimum atomic E-state index is -0.677. The Balaban J connectivity index is 2.85. The van der Waals surface area contributed by atoms with Gasteiger partial charge in [-0.2, -0.15) is 0 Å². The molecular weight excluding hydrogens is 166 g/mol. The molecule has 3 atom stereocenters. The summed E-state index contributed by atoms with van der Waals surface area (Å²) < 4.78 is 0. The number of carboxylic acids is 1. The van der Waals surface area contributed by atoms with E-state index in [1.165, 1.54) is 0 Å². The van der Waals surface area contributed by atoms with Crippen molar-refractivity contribution in [2.75, 3.05) is 0 Å². The third-order valence-corrected chi connectivity index (χ3v) is 3.80. The molecule has 1 aliphatic rings. The van der Waals surface area contributed by atoms with E-state index in [0.29, 0.717) is 6.42 Å². The first-order chi connectivity index (χ1) is 5.87. The zero-order valence-corrected chi connectivity index (χ0v) is 8.58. The Kier molecular flexibility index (Phi) is 2.66. The van der Waals surface area contributed by atoms with E-state index < -0.39 is 5.97 Å². The predicted octanol–water partition coefficient (Wildman–Crippen LogP) is 1.47. The molecule has 13 heavy (non-hydrogen) atoms. The summed E-state index contributed by atoms with van der Waals surface area (Å²) in [6.45, 7) is 6.07. The van der Waals surface area contributed by atoms with E-state index in [1.54, 1.807) is 0 Å². The van der Waals surface area contributed by atoms with Crippen molar-refractivity contribution < 1.29 is 9.90 Å². The van der Waals surface area contributed by atoms with E-state index in [1.807, 2.05) is 13.8 Å².